The quantitative estimate of drug-likeness (QED) is 0.711. The Morgan fingerprint density at radius 2 is 1.62 bits per heavy atom. The summed E-state index contributed by atoms with van der Waals surface area (Å²) in [6, 6.07) is 11.2. The number of amides is 2. The highest BCUT2D eigenvalue weighted by atomic mass is 32.2. The fraction of sp³-hybridized carbons (Fsp3) is 0.263. The third kappa shape index (κ3) is 4.96. The minimum Gasteiger partial charge on any atom is -0.454 e. The second-order valence-corrected chi connectivity index (χ2v) is 8.43. The van der Waals surface area contributed by atoms with Crippen molar-refractivity contribution in [2.24, 2.45) is 0 Å². The number of hydrogen-bond acceptors (Lipinski definition) is 6. The number of ether oxygens (including phenoxy) is 2. The highest BCUT2D eigenvalue weighted by Gasteiger charge is 2.25. The Labute approximate surface area is 168 Å². The van der Waals surface area contributed by atoms with Crippen LogP contribution in [-0.4, -0.2) is 39.3 Å². The summed E-state index contributed by atoms with van der Waals surface area (Å²) in [5, 5.41) is 5.28. The van der Waals surface area contributed by atoms with Gasteiger partial charge in [-0.15, -0.1) is 0 Å². The van der Waals surface area contributed by atoms with Crippen molar-refractivity contribution < 1.29 is 27.5 Å². The summed E-state index contributed by atoms with van der Waals surface area (Å²) in [6.07, 6.45) is 0. The Hall–Kier alpha value is -3.27. The van der Waals surface area contributed by atoms with Crippen molar-refractivity contribution in [1.29, 1.82) is 0 Å². The average molecular weight is 419 g/mol. The lowest BCUT2D eigenvalue weighted by molar-refractivity contribution is -0.115. The van der Waals surface area contributed by atoms with Crippen molar-refractivity contribution in [3.8, 4) is 11.5 Å². The molecule has 0 aromatic heterocycles. The second kappa shape index (κ2) is 8.39. The first kappa shape index (κ1) is 20.5. The number of nitrogens with one attached hydrogen (secondary N) is 2. The summed E-state index contributed by atoms with van der Waals surface area (Å²) < 4.78 is 36.7. The summed E-state index contributed by atoms with van der Waals surface area (Å²) in [7, 11) is -3.71. The smallest absolute Gasteiger partial charge is 0.245 e. The van der Waals surface area contributed by atoms with Gasteiger partial charge in [-0.05, 0) is 43.3 Å². The molecule has 154 valence electrons. The number of carbonyl (C=O) groups excluding carboxylic acids is 2. The zero-order valence-corrected chi connectivity index (χ0v) is 16.8. The summed E-state index contributed by atoms with van der Waals surface area (Å²) in [5.41, 5.74) is 1.38. The number of fused-ring (bicyclic) bond motifs is 1. The Morgan fingerprint density at radius 3 is 2.24 bits per heavy atom. The monoisotopic (exact) mass is 419 g/mol. The summed E-state index contributed by atoms with van der Waals surface area (Å²) in [5.74, 6) is 0.0668. The lowest BCUT2D eigenvalue weighted by Gasteiger charge is -2.23. The van der Waals surface area contributed by atoms with Crippen molar-refractivity contribution in [3.05, 3.63) is 42.5 Å². The molecule has 0 saturated carbocycles. The maximum absolute atomic E-state index is 12.6. The zero-order valence-electron chi connectivity index (χ0n) is 16.0. The van der Waals surface area contributed by atoms with Gasteiger partial charge in [0.15, 0.2) is 11.5 Å². The normalized spacial score (nSPS) is 12.3. The van der Waals surface area contributed by atoms with Crippen LogP contribution in [0.25, 0.3) is 0 Å². The van der Waals surface area contributed by atoms with Crippen LogP contribution in [-0.2, 0) is 19.6 Å². The average Bonchev–Trinajstić information content (AvgIpc) is 3.15. The van der Waals surface area contributed by atoms with Crippen LogP contribution in [0.3, 0.4) is 0 Å². The van der Waals surface area contributed by atoms with Gasteiger partial charge >= 0.3 is 0 Å². The highest BCUT2D eigenvalue weighted by molar-refractivity contribution is 7.92. The summed E-state index contributed by atoms with van der Waals surface area (Å²) in [6.45, 7) is 2.57. The van der Waals surface area contributed by atoms with Gasteiger partial charge in [-0.1, -0.05) is 0 Å². The minimum absolute atomic E-state index is 0.0638. The lowest BCUT2D eigenvalue weighted by atomic mass is 10.2. The Kier molecular flexibility index (Phi) is 5.92. The number of sulfonamides is 1. The van der Waals surface area contributed by atoms with E-state index in [0.717, 1.165) is 4.31 Å². The topological polar surface area (TPSA) is 114 Å². The highest BCUT2D eigenvalue weighted by Crippen LogP contribution is 2.36. The first-order chi connectivity index (χ1) is 13.8. The van der Waals surface area contributed by atoms with Crippen molar-refractivity contribution >= 4 is 38.9 Å². The molecule has 2 N–H and O–H groups in total. The van der Waals surface area contributed by atoms with E-state index in [9.17, 15) is 18.0 Å². The molecule has 0 bridgehead atoms. The van der Waals surface area contributed by atoms with Crippen LogP contribution in [0.1, 0.15) is 13.8 Å². The van der Waals surface area contributed by atoms with Gasteiger partial charge in [-0.3, -0.25) is 13.9 Å². The van der Waals surface area contributed by atoms with Crippen LogP contribution in [0.15, 0.2) is 42.5 Å². The molecule has 0 spiro atoms. The fourth-order valence-corrected chi connectivity index (χ4v) is 3.78. The predicted molar refractivity (Wildman–Crippen MR) is 109 cm³/mol. The van der Waals surface area contributed by atoms with E-state index in [4.69, 9.17) is 9.47 Å². The van der Waals surface area contributed by atoms with Crippen LogP contribution < -0.4 is 24.4 Å². The molecule has 0 saturated heterocycles. The van der Waals surface area contributed by atoms with Crippen LogP contribution in [0.4, 0.5) is 17.1 Å². The second-order valence-electron chi connectivity index (χ2n) is 6.25. The molecule has 0 aliphatic carbocycles. The molecule has 1 aliphatic heterocycles. The van der Waals surface area contributed by atoms with E-state index >= 15 is 0 Å². The molecule has 2 aromatic carbocycles. The third-order valence-electron chi connectivity index (χ3n) is 4.12. The summed E-state index contributed by atoms with van der Waals surface area (Å²) in [4.78, 5) is 23.6. The SMILES string of the molecule is CCS(=O)(=O)N(CC(=O)Nc1ccc(NC(C)=O)cc1)c1ccc2c(c1)OCO2. The van der Waals surface area contributed by atoms with Gasteiger partial charge in [-0.25, -0.2) is 8.42 Å². The molecule has 2 amide bonds. The van der Waals surface area contributed by atoms with Crippen molar-refractivity contribution in [3.63, 3.8) is 0 Å². The Morgan fingerprint density at radius 1 is 1.00 bits per heavy atom. The van der Waals surface area contributed by atoms with Gasteiger partial charge in [0.05, 0.1) is 11.4 Å². The predicted octanol–water partition coefficient (Wildman–Crippen LogP) is 2.17. The number of carbonyl (C=O) groups is 2. The van der Waals surface area contributed by atoms with E-state index in [2.05, 4.69) is 10.6 Å². The molecule has 2 aromatic rings. The molecule has 1 heterocycles. The molecular weight excluding hydrogens is 398 g/mol. The van der Waals surface area contributed by atoms with Gasteiger partial charge in [-0.2, -0.15) is 0 Å². The van der Waals surface area contributed by atoms with Gasteiger partial charge in [0.1, 0.15) is 6.54 Å². The Bertz CT molecular complexity index is 1020. The van der Waals surface area contributed by atoms with Gasteiger partial charge in [0.25, 0.3) is 0 Å². The standard InChI is InChI=1S/C19H21N3O6S/c1-3-29(25,26)22(16-8-9-17-18(10-16)28-12-27-17)11-19(24)21-15-6-4-14(5-7-15)20-13(2)23/h4-10H,3,11-12H2,1-2H3,(H,20,23)(H,21,24). The molecule has 1 aliphatic rings. The van der Waals surface area contributed by atoms with E-state index in [-0.39, 0.29) is 18.5 Å². The molecular formula is C19H21N3O6S. The van der Waals surface area contributed by atoms with Gasteiger partial charge in [0.2, 0.25) is 28.6 Å². The Balaban J connectivity index is 1.76. The molecule has 0 unspecified atom stereocenters. The molecule has 0 atom stereocenters. The van der Waals surface area contributed by atoms with Crippen LogP contribution in [0.2, 0.25) is 0 Å². The maximum atomic E-state index is 12.6. The summed E-state index contributed by atoms with van der Waals surface area (Å²) >= 11 is 0. The first-order valence-electron chi connectivity index (χ1n) is 8.86. The van der Waals surface area contributed by atoms with E-state index < -0.39 is 22.5 Å². The fourth-order valence-electron chi connectivity index (χ4n) is 2.72. The van der Waals surface area contributed by atoms with Gasteiger partial charge < -0.3 is 20.1 Å². The number of anilines is 3. The molecule has 0 radical (unpaired) electrons. The van der Waals surface area contributed by atoms with Crippen LogP contribution in [0.5, 0.6) is 11.5 Å². The lowest BCUT2D eigenvalue weighted by Crippen LogP contribution is -2.39. The van der Waals surface area contributed by atoms with Crippen molar-refractivity contribution in [1.82, 2.24) is 0 Å². The number of rotatable bonds is 7. The van der Waals surface area contributed by atoms with Crippen LogP contribution in [0, 0.1) is 0 Å². The van der Waals surface area contributed by atoms with Crippen molar-refractivity contribution in [2.45, 2.75) is 13.8 Å². The first-order valence-corrected chi connectivity index (χ1v) is 10.5. The molecule has 29 heavy (non-hydrogen) atoms. The van der Waals surface area contributed by atoms with E-state index in [1.165, 1.54) is 19.9 Å². The van der Waals surface area contributed by atoms with Crippen LogP contribution >= 0.6 is 0 Å². The van der Waals surface area contributed by atoms with Crippen molar-refractivity contribution in [2.75, 3.05) is 34.0 Å². The molecule has 9 nitrogen and oxygen atoms in total. The largest absolute Gasteiger partial charge is 0.454 e. The van der Waals surface area contributed by atoms with E-state index in [1.54, 1.807) is 36.4 Å². The minimum atomic E-state index is -3.71. The van der Waals surface area contributed by atoms with E-state index in [0.29, 0.717) is 28.6 Å². The third-order valence-corrected chi connectivity index (χ3v) is 5.86. The zero-order chi connectivity index (χ0) is 21.0. The van der Waals surface area contributed by atoms with Gasteiger partial charge in [0, 0.05) is 24.4 Å². The number of benzene rings is 2. The molecule has 0 fully saturated rings. The molecule has 10 heteroatoms. The number of hydrogen-bond donors (Lipinski definition) is 2. The maximum Gasteiger partial charge on any atom is 0.245 e. The number of nitrogens with zero attached hydrogens (tertiary/aromatic N) is 1. The van der Waals surface area contributed by atoms with E-state index in [1.807, 2.05) is 0 Å². The molecule has 3 rings (SSSR count).